The Bertz CT molecular complexity index is 339. The van der Waals surface area contributed by atoms with Crippen LogP contribution in [0, 0.1) is 11.8 Å². The number of rotatable bonds is 5. The van der Waals surface area contributed by atoms with Crippen LogP contribution < -0.4 is 5.32 Å². The minimum atomic E-state index is 0.386. The van der Waals surface area contributed by atoms with Crippen molar-refractivity contribution in [1.29, 1.82) is 0 Å². The zero-order valence-corrected chi connectivity index (χ0v) is 13.7. The molecular weight excluding hydrogens is 260 g/mol. The van der Waals surface area contributed by atoms with Crippen molar-refractivity contribution >= 4 is 5.91 Å². The van der Waals surface area contributed by atoms with Crippen molar-refractivity contribution in [3.63, 3.8) is 0 Å². The molecule has 0 radical (unpaired) electrons. The van der Waals surface area contributed by atoms with Crippen molar-refractivity contribution in [2.24, 2.45) is 11.8 Å². The van der Waals surface area contributed by atoms with Crippen LogP contribution in [0.5, 0.6) is 0 Å². The van der Waals surface area contributed by atoms with Crippen LogP contribution in [-0.4, -0.2) is 36.5 Å². The van der Waals surface area contributed by atoms with Gasteiger partial charge in [-0.05, 0) is 43.9 Å². The van der Waals surface area contributed by atoms with E-state index in [0.29, 0.717) is 23.9 Å². The maximum atomic E-state index is 12.4. The summed E-state index contributed by atoms with van der Waals surface area (Å²) >= 11 is 0. The van der Waals surface area contributed by atoms with E-state index in [4.69, 9.17) is 0 Å². The molecule has 1 N–H and O–H groups in total. The van der Waals surface area contributed by atoms with Crippen molar-refractivity contribution in [3.8, 4) is 0 Å². The number of carbonyl (C=O) groups is 1. The fourth-order valence-corrected chi connectivity index (χ4v) is 4.72. The van der Waals surface area contributed by atoms with Crippen molar-refractivity contribution in [2.75, 3.05) is 13.6 Å². The number of amides is 1. The van der Waals surface area contributed by atoms with Gasteiger partial charge in [-0.25, -0.2) is 0 Å². The smallest absolute Gasteiger partial charge is 0.222 e. The van der Waals surface area contributed by atoms with E-state index in [-0.39, 0.29) is 0 Å². The lowest BCUT2D eigenvalue weighted by atomic mass is 9.86. The number of hydrogen-bond acceptors (Lipinski definition) is 2. The molecule has 3 rings (SSSR count). The molecule has 3 nitrogen and oxygen atoms in total. The maximum Gasteiger partial charge on any atom is 0.222 e. The molecule has 3 fully saturated rings. The fourth-order valence-electron chi connectivity index (χ4n) is 4.72. The molecule has 21 heavy (non-hydrogen) atoms. The van der Waals surface area contributed by atoms with Crippen LogP contribution >= 0.6 is 0 Å². The molecule has 2 heterocycles. The lowest BCUT2D eigenvalue weighted by Crippen LogP contribution is -2.40. The largest absolute Gasteiger partial charge is 0.346 e. The number of fused-ring (bicyclic) bond motifs is 2. The molecule has 0 aromatic carbocycles. The Balaban J connectivity index is 1.38. The average Bonchev–Trinajstić information content (AvgIpc) is 2.84. The van der Waals surface area contributed by atoms with Crippen LogP contribution in [0.15, 0.2) is 0 Å². The minimum absolute atomic E-state index is 0.386. The Hall–Kier alpha value is -0.570. The molecule has 0 spiro atoms. The molecule has 3 heteroatoms. The van der Waals surface area contributed by atoms with Crippen molar-refractivity contribution in [2.45, 2.75) is 82.7 Å². The summed E-state index contributed by atoms with van der Waals surface area (Å²) in [7, 11) is 2.01. The van der Waals surface area contributed by atoms with Crippen LogP contribution in [-0.2, 0) is 4.79 Å². The van der Waals surface area contributed by atoms with Crippen molar-refractivity contribution < 1.29 is 4.79 Å². The third kappa shape index (κ3) is 4.21. The van der Waals surface area contributed by atoms with Gasteiger partial charge in [0.2, 0.25) is 5.91 Å². The Morgan fingerprint density at radius 3 is 2.33 bits per heavy atom. The van der Waals surface area contributed by atoms with Gasteiger partial charge in [-0.1, -0.05) is 32.1 Å². The summed E-state index contributed by atoms with van der Waals surface area (Å²) in [6.07, 6.45) is 14.1. The van der Waals surface area contributed by atoms with Gasteiger partial charge in [0.1, 0.15) is 0 Å². The molecule has 0 aromatic heterocycles. The molecule has 1 aliphatic carbocycles. The lowest BCUT2D eigenvalue weighted by Gasteiger charge is -2.30. The van der Waals surface area contributed by atoms with Gasteiger partial charge in [0, 0.05) is 32.1 Å². The van der Waals surface area contributed by atoms with E-state index < -0.39 is 0 Å². The van der Waals surface area contributed by atoms with Crippen LogP contribution in [0.2, 0.25) is 0 Å². The molecule has 2 bridgehead atoms. The predicted octanol–water partition coefficient (Wildman–Crippen LogP) is 3.34. The first-order valence-electron chi connectivity index (χ1n) is 9.20. The average molecular weight is 292 g/mol. The number of piperidine rings is 1. The van der Waals surface area contributed by atoms with E-state index in [0.717, 1.165) is 18.9 Å². The quantitative estimate of drug-likeness (QED) is 0.843. The first kappa shape index (κ1) is 15.3. The molecule has 2 aliphatic heterocycles. The first-order chi connectivity index (χ1) is 10.2. The number of carbonyl (C=O) groups excluding carboxylic acids is 1. The molecular formula is C18H32N2O. The molecule has 2 unspecified atom stereocenters. The SMILES string of the molecule is CN(CCC1CCCCC1)C(=O)CC1CC2CCC(C1)N2. The second kappa shape index (κ2) is 7.13. The van der Waals surface area contributed by atoms with Crippen LogP contribution in [0.4, 0.5) is 0 Å². The van der Waals surface area contributed by atoms with E-state index in [1.807, 2.05) is 11.9 Å². The van der Waals surface area contributed by atoms with E-state index in [9.17, 15) is 4.79 Å². The van der Waals surface area contributed by atoms with Gasteiger partial charge in [-0.3, -0.25) is 4.79 Å². The summed E-state index contributed by atoms with van der Waals surface area (Å²) in [5.74, 6) is 1.90. The third-order valence-corrected chi connectivity index (χ3v) is 6.06. The zero-order chi connectivity index (χ0) is 14.7. The standard InChI is InChI=1S/C18H32N2O/c1-20(10-9-14-5-3-2-4-6-14)18(21)13-15-11-16-7-8-17(12-15)19-16/h14-17,19H,2-13H2,1H3. The topological polar surface area (TPSA) is 32.3 Å². The fraction of sp³-hybridized carbons (Fsp3) is 0.944. The highest BCUT2D eigenvalue weighted by Crippen LogP contribution is 2.33. The molecule has 2 atom stereocenters. The van der Waals surface area contributed by atoms with Gasteiger partial charge in [-0.15, -0.1) is 0 Å². The highest BCUT2D eigenvalue weighted by Gasteiger charge is 2.34. The van der Waals surface area contributed by atoms with E-state index in [1.54, 1.807) is 0 Å². The summed E-state index contributed by atoms with van der Waals surface area (Å²) in [6, 6.07) is 1.41. The maximum absolute atomic E-state index is 12.4. The van der Waals surface area contributed by atoms with Gasteiger partial charge >= 0.3 is 0 Å². The van der Waals surface area contributed by atoms with E-state index in [2.05, 4.69) is 5.32 Å². The van der Waals surface area contributed by atoms with Gasteiger partial charge in [-0.2, -0.15) is 0 Å². The molecule has 120 valence electrons. The number of hydrogen-bond donors (Lipinski definition) is 1. The highest BCUT2D eigenvalue weighted by molar-refractivity contribution is 5.76. The van der Waals surface area contributed by atoms with Crippen LogP contribution in [0.3, 0.4) is 0 Å². The molecule has 1 saturated carbocycles. The predicted molar refractivity (Wildman–Crippen MR) is 86.1 cm³/mol. The Morgan fingerprint density at radius 1 is 1.00 bits per heavy atom. The monoisotopic (exact) mass is 292 g/mol. The Labute approximate surface area is 129 Å². The second-order valence-corrected chi connectivity index (χ2v) is 7.79. The minimum Gasteiger partial charge on any atom is -0.346 e. The van der Waals surface area contributed by atoms with Crippen molar-refractivity contribution in [3.05, 3.63) is 0 Å². The lowest BCUT2D eigenvalue weighted by molar-refractivity contribution is -0.131. The highest BCUT2D eigenvalue weighted by atomic mass is 16.2. The van der Waals surface area contributed by atoms with Crippen molar-refractivity contribution in [1.82, 2.24) is 10.2 Å². The first-order valence-corrected chi connectivity index (χ1v) is 9.20. The van der Waals surface area contributed by atoms with E-state index in [1.165, 1.54) is 64.2 Å². The Morgan fingerprint density at radius 2 is 1.67 bits per heavy atom. The summed E-state index contributed by atoms with van der Waals surface area (Å²) in [5.41, 5.74) is 0. The second-order valence-electron chi connectivity index (χ2n) is 7.79. The Kier molecular flexibility index (Phi) is 5.20. The summed E-state index contributed by atoms with van der Waals surface area (Å²) in [4.78, 5) is 14.4. The molecule has 3 aliphatic rings. The number of nitrogens with zero attached hydrogens (tertiary/aromatic N) is 1. The molecule has 2 saturated heterocycles. The van der Waals surface area contributed by atoms with Crippen LogP contribution in [0.25, 0.3) is 0 Å². The molecule has 0 aromatic rings. The zero-order valence-electron chi connectivity index (χ0n) is 13.7. The summed E-state index contributed by atoms with van der Waals surface area (Å²) in [6.45, 7) is 0.974. The van der Waals surface area contributed by atoms with Crippen LogP contribution in [0.1, 0.15) is 70.6 Å². The number of nitrogens with one attached hydrogen (secondary N) is 1. The van der Waals surface area contributed by atoms with E-state index >= 15 is 0 Å². The van der Waals surface area contributed by atoms with Gasteiger partial charge < -0.3 is 10.2 Å². The summed E-state index contributed by atoms with van der Waals surface area (Å²) in [5, 5.41) is 3.67. The van der Waals surface area contributed by atoms with Gasteiger partial charge in [0.15, 0.2) is 0 Å². The normalized spacial score (nSPS) is 33.1. The van der Waals surface area contributed by atoms with Gasteiger partial charge in [0.25, 0.3) is 0 Å². The summed E-state index contributed by atoms with van der Waals surface area (Å²) < 4.78 is 0. The third-order valence-electron chi connectivity index (χ3n) is 6.06. The molecule has 1 amide bonds. The van der Waals surface area contributed by atoms with Gasteiger partial charge in [0.05, 0.1) is 0 Å².